The van der Waals surface area contributed by atoms with E-state index in [9.17, 15) is 13.2 Å². The number of rotatable bonds is 7. The van der Waals surface area contributed by atoms with E-state index in [1.165, 1.54) is 37.1 Å². The Hall–Kier alpha value is -4.70. The second-order valence-corrected chi connectivity index (χ2v) is 11.7. The third kappa shape index (κ3) is 6.56. The maximum Gasteiger partial charge on any atom is 0.453 e. The predicted molar refractivity (Wildman–Crippen MR) is 170 cm³/mol. The number of para-hydroxylation sites is 1. The molecule has 5 aromatic rings. The highest BCUT2D eigenvalue weighted by Gasteiger charge is 2.38. The number of pyridine rings is 1. The van der Waals surface area contributed by atoms with E-state index in [2.05, 4.69) is 31.7 Å². The summed E-state index contributed by atoms with van der Waals surface area (Å²) in [7, 11) is 0. The Morgan fingerprint density at radius 2 is 1.40 bits per heavy atom. The molecular weight excluding hydrogens is 575 g/mol. The third-order valence-electron chi connectivity index (χ3n) is 8.63. The number of alkyl halides is 3. The van der Waals surface area contributed by atoms with Crippen molar-refractivity contribution in [1.29, 1.82) is 0 Å². The van der Waals surface area contributed by atoms with E-state index >= 15 is 0 Å². The van der Waals surface area contributed by atoms with Crippen molar-refractivity contribution in [3.05, 3.63) is 108 Å². The highest BCUT2D eigenvalue weighted by atomic mass is 19.4. The van der Waals surface area contributed by atoms with Crippen molar-refractivity contribution in [3.8, 4) is 17.1 Å². The van der Waals surface area contributed by atoms with Gasteiger partial charge in [0.1, 0.15) is 0 Å². The van der Waals surface area contributed by atoms with E-state index in [1.807, 2.05) is 78.9 Å². The number of halogens is 3. The lowest BCUT2D eigenvalue weighted by molar-refractivity contribution is -0.144. The number of nitrogens with one attached hydrogen (secondary N) is 2. The molecule has 0 spiro atoms. The fraction of sp³-hybridized carbons (Fsp3) is 0.286. The minimum atomic E-state index is -4.73. The molecule has 0 radical (unpaired) electrons. The van der Waals surface area contributed by atoms with E-state index in [0.717, 1.165) is 41.6 Å². The first kappa shape index (κ1) is 29.0. The second kappa shape index (κ2) is 12.4. The summed E-state index contributed by atoms with van der Waals surface area (Å²) in [6.45, 7) is 2.35. The molecule has 10 heteroatoms. The third-order valence-corrected chi connectivity index (χ3v) is 8.63. The van der Waals surface area contributed by atoms with Gasteiger partial charge in [-0.25, -0.2) is 4.98 Å². The average Bonchev–Trinajstić information content (AvgIpc) is 3.69. The standard InChI is InChI=1S/C35H34F3N7/c36-35(37,38)33-42-34(40-28-16-13-24-14-17-30(18-15-26(24)21-28)44-19-7-8-20-44)45(43-33)32-23-29(39-27-11-5-2-6-12-27)22-31(41-32)25-9-3-1-4-10-25/h1-6,9-13,16,21-23,30H,7-8,14-15,17-20H2,(H,39,41)(H,40,42,43). The number of nitrogens with zero attached hydrogens (tertiary/aromatic N) is 5. The SMILES string of the molecule is FC(F)(F)c1nc(Nc2ccc3c(c2)CCC(N2CCCC2)CC3)n(-c2cc(Nc3ccccc3)cc(-c3ccccc3)n2)n1. The number of hydrogen-bond donors (Lipinski definition) is 2. The summed E-state index contributed by atoms with van der Waals surface area (Å²) >= 11 is 0. The maximum absolute atomic E-state index is 14.0. The van der Waals surface area contributed by atoms with Gasteiger partial charge < -0.3 is 15.5 Å². The lowest BCUT2D eigenvalue weighted by Gasteiger charge is -2.25. The van der Waals surface area contributed by atoms with Crippen molar-refractivity contribution in [3.63, 3.8) is 0 Å². The zero-order valence-corrected chi connectivity index (χ0v) is 24.8. The van der Waals surface area contributed by atoms with Gasteiger partial charge in [-0.05, 0) is 93.1 Å². The smallest absolute Gasteiger partial charge is 0.355 e. The summed E-state index contributed by atoms with van der Waals surface area (Å²) in [5, 5.41) is 10.4. The minimum Gasteiger partial charge on any atom is -0.355 e. The molecule has 1 atom stereocenters. The molecule has 1 aliphatic heterocycles. The lowest BCUT2D eigenvalue weighted by atomic mass is 10.0. The quantitative estimate of drug-likeness (QED) is 0.181. The zero-order chi connectivity index (χ0) is 30.8. The Morgan fingerprint density at radius 3 is 2.13 bits per heavy atom. The van der Waals surface area contributed by atoms with Gasteiger partial charge in [-0.15, -0.1) is 5.10 Å². The van der Waals surface area contributed by atoms with Gasteiger partial charge in [0.15, 0.2) is 5.82 Å². The number of fused-ring (bicyclic) bond motifs is 1. The number of anilines is 4. The van der Waals surface area contributed by atoms with Crippen LogP contribution in [0, 0.1) is 0 Å². The van der Waals surface area contributed by atoms with Crippen LogP contribution in [0.4, 0.5) is 36.2 Å². The van der Waals surface area contributed by atoms with Gasteiger partial charge in [-0.3, -0.25) is 0 Å². The number of likely N-dealkylation sites (tertiary alicyclic amines) is 1. The van der Waals surface area contributed by atoms with Crippen molar-refractivity contribution in [2.45, 2.75) is 50.7 Å². The van der Waals surface area contributed by atoms with Crippen LogP contribution >= 0.6 is 0 Å². The molecule has 0 saturated carbocycles. The zero-order valence-electron chi connectivity index (χ0n) is 24.8. The molecule has 0 bridgehead atoms. The molecule has 0 amide bonds. The van der Waals surface area contributed by atoms with Gasteiger partial charge in [0, 0.05) is 34.7 Å². The molecule has 45 heavy (non-hydrogen) atoms. The molecular formula is C35H34F3N7. The van der Waals surface area contributed by atoms with Gasteiger partial charge in [0.05, 0.1) is 5.69 Å². The number of aromatic nitrogens is 4. The first-order valence-electron chi connectivity index (χ1n) is 15.5. The van der Waals surface area contributed by atoms with Gasteiger partial charge >= 0.3 is 6.18 Å². The van der Waals surface area contributed by atoms with Crippen LogP contribution in [-0.4, -0.2) is 43.8 Å². The first-order valence-corrected chi connectivity index (χ1v) is 15.5. The summed E-state index contributed by atoms with van der Waals surface area (Å²) in [4.78, 5) is 11.3. The summed E-state index contributed by atoms with van der Waals surface area (Å²) in [6, 6.07) is 29.2. The van der Waals surface area contributed by atoms with Crippen LogP contribution < -0.4 is 10.6 Å². The predicted octanol–water partition coefficient (Wildman–Crippen LogP) is 8.18. The fourth-order valence-corrected chi connectivity index (χ4v) is 6.38. The van der Waals surface area contributed by atoms with E-state index in [1.54, 1.807) is 6.07 Å². The number of benzene rings is 3. The summed E-state index contributed by atoms with van der Waals surface area (Å²) < 4.78 is 43.1. The van der Waals surface area contributed by atoms with Crippen molar-refractivity contribution < 1.29 is 13.2 Å². The van der Waals surface area contributed by atoms with Gasteiger partial charge in [0.2, 0.25) is 5.95 Å². The van der Waals surface area contributed by atoms with Crippen LogP contribution in [-0.2, 0) is 19.0 Å². The first-order chi connectivity index (χ1) is 21.9. The van der Waals surface area contributed by atoms with E-state index < -0.39 is 12.0 Å². The Balaban J connectivity index is 1.24. The van der Waals surface area contributed by atoms with E-state index in [4.69, 9.17) is 4.98 Å². The molecule has 3 aromatic carbocycles. The Kier molecular flexibility index (Phi) is 7.97. The molecule has 3 heterocycles. The Labute approximate surface area is 260 Å². The molecule has 1 fully saturated rings. The van der Waals surface area contributed by atoms with Crippen molar-refractivity contribution in [1.82, 2.24) is 24.6 Å². The van der Waals surface area contributed by atoms with Crippen LogP contribution in [0.5, 0.6) is 0 Å². The van der Waals surface area contributed by atoms with Crippen molar-refractivity contribution in [2.75, 3.05) is 23.7 Å². The molecule has 2 aromatic heterocycles. The van der Waals surface area contributed by atoms with Gasteiger partial charge in [0.25, 0.3) is 5.82 Å². The van der Waals surface area contributed by atoms with E-state index in [0.29, 0.717) is 23.1 Å². The largest absolute Gasteiger partial charge is 0.453 e. The molecule has 7 rings (SSSR count). The Morgan fingerprint density at radius 1 is 0.689 bits per heavy atom. The van der Waals surface area contributed by atoms with Crippen molar-refractivity contribution in [2.24, 2.45) is 0 Å². The molecule has 1 saturated heterocycles. The van der Waals surface area contributed by atoms with Crippen LogP contribution in [0.1, 0.15) is 42.6 Å². The molecule has 1 aliphatic carbocycles. The number of hydrogen-bond acceptors (Lipinski definition) is 6. The van der Waals surface area contributed by atoms with Crippen LogP contribution in [0.25, 0.3) is 17.1 Å². The molecule has 2 aliphatic rings. The highest BCUT2D eigenvalue weighted by Crippen LogP contribution is 2.33. The average molecular weight is 610 g/mol. The van der Waals surface area contributed by atoms with E-state index in [-0.39, 0.29) is 11.8 Å². The monoisotopic (exact) mass is 609 g/mol. The fourth-order valence-electron chi connectivity index (χ4n) is 6.38. The van der Waals surface area contributed by atoms with Gasteiger partial charge in [-0.2, -0.15) is 22.8 Å². The Bertz CT molecular complexity index is 1760. The topological polar surface area (TPSA) is 70.9 Å². The second-order valence-electron chi connectivity index (χ2n) is 11.7. The lowest BCUT2D eigenvalue weighted by Crippen LogP contribution is -2.32. The summed E-state index contributed by atoms with van der Waals surface area (Å²) in [5.41, 5.74) is 6.07. The van der Waals surface area contributed by atoms with Crippen LogP contribution in [0.3, 0.4) is 0 Å². The maximum atomic E-state index is 14.0. The van der Waals surface area contributed by atoms with Crippen LogP contribution in [0.2, 0.25) is 0 Å². The normalized spacial score (nSPS) is 17.1. The van der Waals surface area contributed by atoms with Crippen molar-refractivity contribution >= 4 is 23.0 Å². The molecule has 230 valence electrons. The van der Waals surface area contributed by atoms with Crippen LogP contribution in [0.15, 0.2) is 91.0 Å². The molecule has 7 nitrogen and oxygen atoms in total. The summed E-state index contributed by atoms with van der Waals surface area (Å²) in [6.07, 6.45) is 1.95. The molecule has 1 unspecified atom stereocenters. The summed E-state index contributed by atoms with van der Waals surface area (Å²) in [5.74, 6) is -1.10. The highest BCUT2D eigenvalue weighted by molar-refractivity contribution is 5.70. The van der Waals surface area contributed by atoms with Gasteiger partial charge in [-0.1, -0.05) is 54.6 Å². The minimum absolute atomic E-state index is 0.0609. The number of aryl methyl sites for hydroxylation is 2. The molecule has 2 N–H and O–H groups in total.